The molecule has 0 N–H and O–H groups in total. The van der Waals surface area contributed by atoms with Crippen LogP contribution in [0.3, 0.4) is 0 Å². The second-order valence-electron chi connectivity index (χ2n) is 4.72. The Labute approximate surface area is 167 Å². The van der Waals surface area contributed by atoms with Crippen LogP contribution in [0.4, 0.5) is 0 Å². The van der Waals surface area contributed by atoms with Crippen molar-refractivity contribution in [3.63, 3.8) is 0 Å². The summed E-state index contributed by atoms with van der Waals surface area (Å²) in [6, 6.07) is 4.41. The second kappa shape index (κ2) is 8.98. The van der Waals surface area contributed by atoms with Gasteiger partial charge < -0.3 is 4.57 Å². The van der Waals surface area contributed by atoms with Gasteiger partial charge in [0.05, 0.1) is 29.1 Å². The van der Waals surface area contributed by atoms with E-state index in [1.165, 1.54) is 26.7 Å². The van der Waals surface area contributed by atoms with E-state index in [4.69, 9.17) is 10.5 Å². The molecule has 0 bridgehead atoms. The molecule has 0 spiro atoms. The summed E-state index contributed by atoms with van der Waals surface area (Å²) in [6.07, 6.45) is 5.47. The molecule has 3 rings (SSSR count). The molecule has 24 heavy (non-hydrogen) atoms. The van der Waals surface area contributed by atoms with Gasteiger partial charge in [-0.05, 0) is 0 Å². The monoisotopic (exact) mass is 427 g/mol. The lowest BCUT2D eigenvalue weighted by Gasteiger charge is -2.02. The van der Waals surface area contributed by atoms with Gasteiger partial charge in [0.25, 0.3) is 0 Å². The highest BCUT2D eigenvalue weighted by atomic mass is 32.3. The molecule has 2 aliphatic rings. The van der Waals surface area contributed by atoms with E-state index in [9.17, 15) is 0 Å². The minimum atomic E-state index is 0.567. The van der Waals surface area contributed by atoms with Gasteiger partial charge in [-0.15, -0.1) is 23.5 Å². The van der Waals surface area contributed by atoms with E-state index in [0.717, 1.165) is 11.5 Å². The maximum absolute atomic E-state index is 8.75. The van der Waals surface area contributed by atoms with Crippen molar-refractivity contribution in [1.29, 1.82) is 10.5 Å². The van der Waals surface area contributed by atoms with Crippen LogP contribution in [0.5, 0.6) is 0 Å². The zero-order valence-corrected chi connectivity index (χ0v) is 17.7. The zero-order chi connectivity index (χ0) is 16.9. The highest BCUT2D eigenvalue weighted by Gasteiger charge is 2.29. The first-order chi connectivity index (χ1) is 11.7. The fraction of sp³-hybridized carbons (Fsp3) is 0.333. The fourth-order valence-electron chi connectivity index (χ4n) is 1.90. The topological polar surface area (TPSA) is 52.5 Å². The summed E-state index contributed by atoms with van der Waals surface area (Å²) in [7, 11) is 2.06. The van der Waals surface area contributed by atoms with Crippen molar-refractivity contribution in [3.05, 3.63) is 29.3 Å². The molecule has 9 heteroatoms. The van der Waals surface area contributed by atoms with Crippen LogP contribution in [0.15, 0.2) is 39.1 Å². The Balaban J connectivity index is 1.70. The minimum Gasteiger partial charge on any atom is -0.355 e. The Kier molecular flexibility index (Phi) is 6.97. The Morgan fingerprint density at radius 1 is 0.875 bits per heavy atom. The van der Waals surface area contributed by atoms with E-state index in [0.29, 0.717) is 12.8 Å². The van der Waals surface area contributed by atoms with E-state index in [-0.39, 0.29) is 0 Å². The summed E-state index contributed by atoms with van der Waals surface area (Å²) in [6.45, 7) is 0. The lowest BCUT2D eigenvalue weighted by atomic mass is 10.6. The number of aryl methyl sites for hydroxylation is 1. The maximum atomic E-state index is 8.75. The quantitative estimate of drug-likeness (QED) is 0.494. The van der Waals surface area contributed by atoms with Crippen LogP contribution in [0.1, 0.15) is 12.8 Å². The van der Waals surface area contributed by atoms with Crippen molar-refractivity contribution in [3.8, 4) is 12.1 Å². The van der Waals surface area contributed by atoms with Crippen molar-refractivity contribution in [2.24, 2.45) is 7.05 Å². The first-order valence-electron chi connectivity index (χ1n) is 7.06. The second-order valence-corrected chi connectivity index (χ2v) is 12.1. The van der Waals surface area contributed by atoms with Gasteiger partial charge >= 0.3 is 0 Å². The van der Waals surface area contributed by atoms with Crippen molar-refractivity contribution in [2.75, 3.05) is 11.5 Å². The standard InChI is InChI=1S/C15H13N3S6/c1-18-8-10-11(9-18)22-14(21-10)15-23-12(19-6-2-4-16)13(24-15)20-7-3-5-17/h8-9H,2-3,6-7H2,1H3. The largest absolute Gasteiger partial charge is 0.355 e. The molecule has 1 aromatic heterocycles. The molecular formula is C15H13N3S6. The summed E-state index contributed by atoms with van der Waals surface area (Å²) in [5.74, 6) is 1.65. The van der Waals surface area contributed by atoms with Crippen LogP contribution in [0.25, 0.3) is 0 Å². The van der Waals surface area contributed by atoms with E-state index < -0.39 is 0 Å². The Hall–Kier alpha value is -0.160. The summed E-state index contributed by atoms with van der Waals surface area (Å²) < 4.78 is 7.37. The van der Waals surface area contributed by atoms with Crippen molar-refractivity contribution in [1.82, 2.24) is 4.57 Å². The number of fused-ring (bicyclic) bond motifs is 1. The first-order valence-corrected chi connectivity index (χ1v) is 12.3. The number of hydrogen-bond donors (Lipinski definition) is 0. The van der Waals surface area contributed by atoms with E-state index in [1.54, 1.807) is 23.5 Å². The molecule has 3 nitrogen and oxygen atoms in total. The number of hydrogen-bond acceptors (Lipinski definition) is 8. The van der Waals surface area contributed by atoms with Crippen molar-refractivity contribution in [2.45, 2.75) is 22.6 Å². The molecule has 124 valence electrons. The predicted molar refractivity (Wildman–Crippen MR) is 112 cm³/mol. The zero-order valence-electron chi connectivity index (χ0n) is 12.8. The molecule has 0 fully saturated rings. The summed E-state index contributed by atoms with van der Waals surface area (Å²) in [5.41, 5.74) is 0. The normalized spacial score (nSPS) is 16.5. The number of aromatic nitrogens is 1. The predicted octanol–water partition coefficient (Wildman–Crippen LogP) is 6.25. The molecule has 0 saturated carbocycles. The lowest BCUT2D eigenvalue weighted by Crippen LogP contribution is -1.79. The van der Waals surface area contributed by atoms with E-state index >= 15 is 0 Å². The molecule has 2 aliphatic heterocycles. The highest BCUT2D eigenvalue weighted by molar-refractivity contribution is 8.42. The molecule has 0 amide bonds. The van der Waals surface area contributed by atoms with Crippen LogP contribution < -0.4 is 0 Å². The van der Waals surface area contributed by atoms with Gasteiger partial charge in [0.1, 0.15) is 0 Å². The summed E-state index contributed by atoms with van der Waals surface area (Å²) in [4.78, 5) is 2.66. The molecule has 0 saturated heterocycles. The molecule has 0 radical (unpaired) electrons. The van der Waals surface area contributed by atoms with E-state index in [2.05, 4.69) is 36.1 Å². The van der Waals surface area contributed by atoms with Crippen LogP contribution in [0, 0.1) is 22.7 Å². The summed E-state index contributed by atoms with van der Waals surface area (Å²) >= 11 is 10.9. The number of nitriles is 2. The average Bonchev–Trinajstić information content (AvgIpc) is 3.21. The van der Waals surface area contributed by atoms with Crippen LogP contribution in [-0.4, -0.2) is 16.1 Å². The van der Waals surface area contributed by atoms with Gasteiger partial charge in [-0.2, -0.15) is 10.5 Å². The summed E-state index contributed by atoms with van der Waals surface area (Å²) in [5, 5.41) is 17.5. The lowest BCUT2D eigenvalue weighted by molar-refractivity contribution is 0.916. The van der Waals surface area contributed by atoms with Gasteiger partial charge in [0, 0.05) is 53.6 Å². The highest BCUT2D eigenvalue weighted by Crippen LogP contribution is 2.64. The number of rotatable bonds is 6. The molecule has 1 aromatic rings. The van der Waals surface area contributed by atoms with Crippen LogP contribution in [-0.2, 0) is 7.05 Å². The van der Waals surface area contributed by atoms with E-state index in [1.807, 2.05) is 47.0 Å². The smallest absolute Gasteiger partial charge is 0.0717 e. The average molecular weight is 428 g/mol. The van der Waals surface area contributed by atoms with Crippen LogP contribution >= 0.6 is 70.6 Å². The van der Waals surface area contributed by atoms with Gasteiger partial charge in [0.15, 0.2) is 0 Å². The third kappa shape index (κ3) is 4.51. The van der Waals surface area contributed by atoms with Crippen LogP contribution in [0.2, 0.25) is 0 Å². The van der Waals surface area contributed by atoms with Gasteiger partial charge in [-0.3, -0.25) is 0 Å². The third-order valence-corrected chi connectivity index (χ3v) is 11.4. The molecule has 0 aromatic carbocycles. The maximum Gasteiger partial charge on any atom is 0.0717 e. The van der Waals surface area contributed by atoms with Gasteiger partial charge in [-0.25, -0.2) is 0 Å². The molecule has 0 atom stereocenters. The Bertz CT molecular complexity index is 721. The molecule has 3 heterocycles. The van der Waals surface area contributed by atoms with Crippen molar-refractivity contribution < 1.29 is 0 Å². The molecule has 0 aliphatic carbocycles. The number of nitrogens with zero attached hydrogens (tertiary/aromatic N) is 3. The first kappa shape index (κ1) is 18.6. The Morgan fingerprint density at radius 2 is 1.33 bits per heavy atom. The SMILES string of the molecule is Cn1cc2c(c1)SC(=C1SC(SCCC#N)=C(SCCC#N)S1)S2. The Morgan fingerprint density at radius 3 is 1.79 bits per heavy atom. The minimum absolute atomic E-state index is 0.567. The fourth-order valence-corrected chi connectivity index (χ4v) is 10.5. The molecule has 0 unspecified atom stereocenters. The molecular weight excluding hydrogens is 415 g/mol. The number of thioether (sulfide) groups is 6. The van der Waals surface area contributed by atoms with Crippen molar-refractivity contribution >= 4 is 70.6 Å². The van der Waals surface area contributed by atoms with Gasteiger partial charge in [-0.1, -0.05) is 47.0 Å². The van der Waals surface area contributed by atoms with Gasteiger partial charge in [0.2, 0.25) is 0 Å². The third-order valence-electron chi connectivity index (χ3n) is 2.89.